The Morgan fingerprint density at radius 2 is 1.04 bits per heavy atom. The minimum absolute atomic E-state index is 0.321. The molecule has 7 rings (SSSR count). The largest absolute Gasteiger partial charge is 0.456 e. The van der Waals surface area contributed by atoms with Crippen LogP contribution in [-0.2, 0) is 23.4 Å². The van der Waals surface area contributed by atoms with E-state index < -0.39 is 5.60 Å². The smallest absolute Gasteiger partial charge is 0.340 e. The van der Waals surface area contributed by atoms with Crippen molar-refractivity contribution in [3.63, 3.8) is 0 Å². The van der Waals surface area contributed by atoms with E-state index in [0.717, 1.165) is 59.9 Å². The van der Waals surface area contributed by atoms with Crippen molar-refractivity contribution < 1.29 is 14.3 Å². The zero-order chi connectivity index (χ0) is 33.3. The van der Waals surface area contributed by atoms with Crippen LogP contribution in [0.2, 0.25) is 0 Å². The molecule has 0 aliphatic carbocycles. The molecule has 6 nitrogen and oxygen atoms in total. The van der Waals surface area contributed by atoms with Gasteiger partial charge in [-0.1, -0.05) is 60.7 Å². The number of benzene rings is 5. The summed E-state index contributed by atoms with van der Waals surface area (Å²) in [6, 6.07) is 39.9. The zero-order valence-corrected chi connectivity index (χ0v) is 28.3. The average Bonchev–Trinajstić information content (AvgIpc) is 3.41. The molecule has 1 unspecified atom stereocenters. The van der Waals surface area contributed by atoms with E-state index in [-0.39, 0.29) is 5.97 Å². The molecule has 2 heterocycles. The summed E-state index contributed by atoms with van der Waals surface area (Å²) in [7, 11) is 0. The average molecular weight is 638 g/mol. The Balaban J connectivity index is 1.43. The van der Waals surface area contributed by atoms with Crippen LogP contribution in [0, 0.1) is 0 Å². The Kier molecular flexibility index (Phi) is 8.57. The molecule has 1 atom stereocenters. The van der Waals surface area contributed by atoms with E-state index in [4.69, 9.17) is 9.47 Å². The lowest BCUT2D eigenvalue weighted by molar-refractivity contribution is 0.0224. The lowest BCUT2D eigenvalue weighted by Crippen LogP contribution is -2.34. The van der Waals surface area contributed by atoms with Crippen LogP contribution < -0.4 is 19.4 Å². The van der Waals surface area contributed by atoms with E-state index in [0.29, 0.717) is 30.2 Å². The van der Waals surface area contributed by atoms with E-state index in [9.17, 15) is 4.79 Å². The molecule has 6 heteroatoms. The van der Waals surface area contributed by atoms with E-state index in [1.807, 2.05) is 30.3 Å². The fourth-order valence-electron chi connectivity index (χ4n) is 7.30. The van der Waals surface area contributed by atoms with Gasteiger partial charge in [-0.05, 0) is 87.4 Å². The van der Waals surface area contributed by atoms with Gasteiger partial charge >= 0.3 is 5.97 Å². The molecule has 0 saturated heterocycles. The minimum Gasteiger partial charge on any atom is -0.456 e. The van der Waals surface area contributed by atoms with Crippen LogP contribution in [0.5, 0.6) is 11.5 Å². The number of hydrogen-bond acceptors (Lipinski definition) is 6. The highest BCUT2D eigenvalue weighted by atomic mass is 16.6. The van der Waals surface area contributed by atoms with Gasteiger partial charge in [0.1, 0.15) is 11.5 Å². The molecular weight excluding hydrogens is 594 g/mol. The van der Waals surface area contributed by atoms with Gasteiger partial charge in [0.2, 0.25) is 0 Å². The van der Waals surface area contributed by atoms with Crippen LogP contribution in [0.4, 0.5) is 17.1 Å². The SMILES string of the molecule is CCN(CC)c1ccc2c(c1)Oc1ccc(N(Cc3ccccc3)Cc3ccccc3)cc1C21OC(=O)c2ccc(N(CC)CC)cc21. The van der Waals surface area contributed by atoms with E-state index in [1.54, 1.807) is 0 Å². The lowest BCUT2D eigenvalue weighted by atomic mass is 9.77. The van der Waals surface area contributed by atoms with Crippen molar-refractivity contribution in [1.82, 2.24) is 0 Å². The Morgan fingerprint density at radius 1 is 0.521 bits per heavy atom. The van der Waals surface area contributed by atoms with Crippen molar-refractivity contribution in [1.29, 1.82) is 0 Å². The monoisotopic (exact) mass is 637 g/mol. The fourth-order valence-corrected chi connectivity index (χ4v) is 7.30. The van der Waals surface area contributed by atoms with Crippen molar-refractivity contribution >= 4 is 23.0 Å². The molecule has 244 valence electrons. The van der Waals surface area contributed by atoms with Crippen LogP contribution in [0.3, 0.4) is 0 Å². The summed E-state index contributed by atoms with van der Waals surface area (Å²) < 4.78 is 13.4. The third-order valence-corrected chi connectivity index (χ3v) is 9.81. The Morgan fingerprint density at radius 3 is 1.65 bits per heavy atom. The maximum Gasteiger partial charge on any atom is 0.340 e. The Hall–Kier alpha value is -5.23. The minimum atomic E-state index is -1.17. The first-order valence-electron chi connectivity index (χ1n) is 17.2. The third-order valence-electron chi connectivity index (χ3n) is 9.81. The second-order valence-corrected chi connectivity index (χ2v) is 12.4. The summed E-state index contributed by atoms with van der Waals surface area (Å²) in [5.41, 5.74) is 7.55. The summed E-state index contributed by atoms with van der Waals surface area (Å²) in [5.74, 6) is 1.08. The van der Waals surface area contributed by atoms with Crippen LogP contribution in [0.15, 0.2) is 115 Å². The quantitative estimate of drug-likeness (QED) is 0.135. The van der Waals surface area contributed by atoms with Gasteiger partial charge in [-0.3, -0.25) is 0 Å². The zero-order valence-electron chi connectivity index (χ0n) is 28.3. The first-order valence-corrected chi connectivity index (χ1v) is 17.2. The molecule has 0 bridgehead atoms. The number of hydrogen-bond donors (Lipinski definition) is 0. The first-order chi connectivity index (χ1) is 23.5. The molecule has 0 fully saturated rings. The van der Waals surface area contributed by atoms with Gasteiger partial charge in [-0.15, -0.1) is 0 Å². The molecule has 0 aromatic heterocycles. The predicted octanol–water partition coefficient (Wildman–Crippen LogP) is 9.15. The van der Waals surface area contributed by atoms with Crippen molar-refractivity contribution in [3.05, 3.63) is 149 Å². The standard InChI is InChI=1S/C42H43N3O3/c1-5-43(6-2)32-19-22-35-37(25-32)42(48-41(35)46)36-23-20-34(44(7-3)8-4)27-40(36)47-39-24-21-33(26-38(39)42)45(28-30-15-11-9-12-16-30)29-31-17-13-10-14-18-31/h9-27H,5-8,28-29H2,1-4H3. The van der Waals surface area contributed by atoms with Crippen molar-refractivity contribution in [2.75, 3.05) is 40.9 Å². The van der Waals surface area contributed by atoms with Crippen LogP contribution >= 0.6 is 0 Å². The van der Waals surface area contributed by atoms with Gasteiger partial charge in [0, 0.05) is 79.1 Å². The number of carbonyl (C=O) groups is 1. The maximum absolute atomic E-state index is 13.9. The van der Waals surface area contributed by atoms with E-state index in [2.05, 4.69) is 127 Å². The number of carbonyl (C=O) groups excluding carboxylic acids is 1. The summed E-state index contributed by atoms with van der Waals surface area (Å²) in [5, 5.41) is 0. The van der Waals surface area contributed by atoms with Gasteiger partial charge in [-0.25, -0.2) is 4.79 Å². The van der Waals surface area contributed by atoms with Gasteiger partial charge in [0.15, 0.2) is 5.60 Å². The molecule has 0 N–H and O–H groups in total. The summed E-state index contributed by atoms with van der Waals surface area (Å²) >= 11 is 0. The summed E-state index contributed by atoms with van der Waals surface area (Å²) in [6.07, 6.45) is 0. The molecular formula is C42H43N3O3. The number of rotatable bonds is 11. The molecule has 48 heavy (non-hydrogen) atoms. The van der Waals surface area contributed by atoms with Crippen LogP contribution in [0.1, 0.15) is 65.9 Å². The molecule has 0 radical (unpaired) electrons. The van der Waals surface area contributed by atoms with Crippen LogP contribution in [-0.4, -0.2) is 32.1 Å². The normalized spacial score (nSPS) is 15.6. The van der Waals surface area contributed by atoms with Gasteiger partial charge < -0.3 is 24.2 Å². The number of fused-ring (bicyclic) bond motifs is 6. The fraction of sp³-hybridized carbons (Fsp3) is 0.262. The van der Waals surface area contributed by atoms with Gasteiger partial charge in [-0.2, -0.15) is 0 Å². The highest BCUT2D eigenvalue weighted by Crippen LogP contribution is 2.57. The molecule has 2 aliphatic rings. The topological polar surface area (TPSA) is 45.3 Å². The molecule has 5 aromatic carbocycles. The van der Waals surface area contributed by atoms with Gasteiger partial charge in [0.05, 0.1) is 5.56 Å². The van der Waals surface area contributed by atoms with Crippen LogP contribution in [0.25, 0.3) is 0 Å². The first kappa shape index (κ1) is 31.4. The second-order valence-electron chi connectivity index (χ2n) is 12.4. The predicted molar refractivity (Wildman–Crippen MR) is 195 cm³/mol. The van der Waals surface area contributed by atoms with E-state index in [1.165, 1.54) is 11.1 Å². The molecule has 1 spiro atoms. The maximum atomic E-state index is 13.9. The highest BCUT2D eigenvalue weighted by Gasteiger charge is 2.54. The molecule has 5 aromatic rings. The Labute approximate surface area is 284 Å². The Bertz CT molecular complexity index is 1880. The molecule has 2 aliphatic heterocycles. The number of ether oxygens (including phenoxy) is 2. The number of nitrogens with zero attached hydrogens (tertiary/aromatic N) is 3. The lowest BCUT2D eigenvalue weighted by Gasteiger charge is -2.38. The van der Waals surface area contributed by atoms with Crippen molar-refractivity contribution in [3.8, 4) is 11.5 Å². The van der Waals surface area contributed by atoms with E-state index >= 15 is 0 Å². The molecule has 0 amide bonds. The van der Waals surface area contributed by atoms with Gasteiger partial charge in [0.25, 0.3) is 0 Å². The van der Waals surface area contributed by atoms with Crippen molar-refractivity contribution in [2.45, 2.75) is 46.4 Å². The summed E-state index contributed by atoms with van der Waals surface area (Å²) in [4.78, 5) is 20.8. The number of anilines is 3. The third kappa shape index (κ3) is 5.45. The second kappa shape index (κ2) is 13.1. The highest BCUT2D eigenvalue weighted by molar-refractivity contribution is 5.98. The molecule has 0 saturated carbocycles. The number of esters is 1. The van der Waals surface area contributed by atoms with Crippen molar-refractivity contribution in [2.24, 2.45) is 0 Å². The summed E-state index contributed by atoms with van der Waals surface area (Å²) in [6.45, 7) is 13.5.